The third-order valence-electron chi connectivity index (χ3n) is 5.72. The molecule has 1 aliphatic rings. The normalized spacial score (nSPS) is 13.6. The van der Waals surface area contributed by atoms with Crippen LogP contribution in [-0.2, 0) is 11.3 Å². The molecule has 0 atom stereocenters. The zero-order valence-corrected chi connectivity index (χ0v) is 20.6. The SMILES string of the molecule is C=C1C(=O)N=C(n2nc(-c3cccs3)cc2NC(=O)c2cn(CC)c3nc(C)ccc3c2=O)N=C1C. The molecule has 10 nitrogen and oxygen atoms in total. The van der Waals surface area contributed by atoms with Gasteiger partial charge in [-0.25, -0.2) is 9.98 Å². The van der Waals surface area contributed by atoms with Gasteiger partial charge in [0.1, 0.15) is 22.7 Å². The van der Waals surface area contributed by atoms with Crippen LogP contribution in [0.5, 0.6) is 0 Å². The number of fused-ring (bicyclic) bond motifs is 1. The van der Waals surface area contributed by atoms with E-state index in [4.69, 9.17) is 0 Å². The lowest BCUT2D eigenvalue weighted by Crippen LogP contribution is -2.28. The third kappa shape index (κ3) is 3.99. The van der Waals surface area contributed by atoms with Gasteiger partial charge >= 0.3 is 0 Å². The van der Waals surface area contributed by atoms with Crippen molar-refractivity contribution in [2.75, 3.05) is 5.32 Å². The molecule has 5 heterocycles. The van der Waals surface area contributed by atoms with Gasteiger partial charge in [0.25, 0.3) is 17.8 Å². The summed E-state index contributed by atoms with van der Waals surface area (Å²) in [6, 6.07) is 8.82. The number of nitrogens with one attached hydrogen (secondary N) is 1. The van der Waals surface area contributed by atoms with Crippen LogP contribution >= 0.6 is 11.3 Å². The van der Waals surface area contributed by atoms with Crippen LogP contribution in [-0.4, -0.2) is 42.8 Å². The first kappa shape index (κ1) is 23.2. The van der Waals surface area contributed by atoms with Crippen molar-refractivity contribution in [1.29, 1.82) is 0 Å². The van der Waals surface area contributed by atoms with Gasteiger partial charge in [-0.3, -0.25) is 14.4 Å². The molecule has 0 saturated heterocycles. The average Bonchev–Trinajstić information content (AvgIpc) is 3.53. The largest absolute Gasteiger partial charge is 0.332 e. The molecule has 4 aromatic heterocycles. The fourth-order valence-corrected chi connectivity index (χ4v) is 4.45. The van der Waals surface area contributed by atoms with Gasteiger partial charge in [0.05, 0.1) is 21.5 Å². The minimum Gasteiger partial charge on any atom is -0.332 e. The second kappa shape index (κ2) is 8.93. The zero-order chi connectivity index (χ0) is 25.6. The molecule has 36 heavy (non-hydrogen) atoms. The van der Waals surface area contributed by atoms with Gasteiger partial charge in [0.2, 0.25) is 5.43 Å². The van der Waals surface area contributed by atoms with E-state index in [2.05, 4.69) is 32.0 Å². The fraction of sp³-hybridized carbons (Fsp3) is 0.160. The molecule has 0 saturated carbocycles. The zero-order valence-electron chi connectivity index (χ0n) is 19.8. The number of aliphatic imine (C=N–C) groups is 2. The molecular weight excluding hydrogens is 478 g/mol. The molecule has 0 bridgehead atoms. The minimum atomic E-state index is -0.628. The second-order valence-corrected chi connectivity index (χ2v) is 9.08. The van der Waals surface area contributed by atoms with E-state index in [0.29, 0.717) is 29.0 Å². The van der Waals surface area contributed by atoms with Crippen molar-refractivity contribution in [3.05, 3.63) is 75.5 Å². The van der Waals surface area contributed by atoms with Gasteiger partial charge in [-0.05, 0) is 44.4 Å². The molecule has 11 heteroatoms. The van der Waals surface area contributed by atoms with Crippen molar-refractivity contribution in [2.24, 2.45) is 9.98 Å². The Balaban J connectivity index is 1.61. The molecule has 0 aliphatic carbocycles. The molecular formula is C25H21N7O3S. The van der Waals surface area contributed by atoms with Crippen molar-refractivity contribution in [1.82, 2.24) is 19.3 Å². The number of hydrogen-bond donors (Lipinski definition) is 1. The van der Waals surface area contributed by atoms with Crippen molar-refractivity contribution >= 4 is 51.7 Å². The maximum Gasteiger partial charge on any atom is 0.281 e. The van der Waals surface area contributed by atoms with Crippen LogP contribution in [0, 0.1) is 6.92 Å². The van der Waals surface area contributed by atoms with Gasteiger partial charge in [-0.1, -0.05) is 12.6 Å². The Morgan fingerprint density at radius 3 is 2.67 bits per heavy atom. The summed E-state index contributed by atoms with van der Waals surface area (Å²) in [5, 5.41) is 9.55. The van der Waals surface area contributed by atoms with E-state index in [0.717, 1.165) is 10.6 Å². The molecule has 5 rings (SSSR count). The molecule has 0 unspecified atom stereocenters. The smallest absolute Gasteiger partial charge is 0.281 e. The monoisotopic (exact) mass is 499 g/mol. The highest BCUT2D eigenvalue weighted by atomic mass is 32.1. The number of hydrogen-bond acceptors (Lipinski definition) is 7. The number of aryl methyl sites for hydroxylation is 2. The number of thiophene rings is 1. The van der Waals surface area contributed by atoms with Crippen molar-refractivity contribution in [3.63, 3.8) is 0 Å². The molecule has 180 valence electrons. The summed E-state index contributed by atoms with van der Waals surface area (Å²) in [4.78, 5) is 52.5. The Morgan fingerprint density at radius 1 is 1.17 bits per heavy atom. The van der Waals surface area contributed by atoms with Gasteiger partial charge in [-0.2, -0.15) is 14.8 Å². The second-order valence-electron chi connectivity index (χ2n) is 8.13. The number of anilines is 1. The molecule has 1 aliphatic heterocycles. The number of rotatable bonds is 4. The molecule has 0 radical (unpaired) electrons. The number of pyridine rings is 2. The predicted octanol–water partition coefficient (Wildman–Crippen LogP) is 3.66. The summed E-state index contributed by atoms with van der Waals surface area (Å²) in [5.41, 5.74) is 1.96. The minimum absolute atomic E-state index is 0.00726. The van der Waals surface area contributed by atoms with Crippen LogP contribution in [0.3, 0.4) is 0 Å². The van der Waals surface area contributed by atoms with Crippen LogP contribution < -0.4 is 10.7 Å². The first-order valence-corrected chi connectivity index (χ1v) is 12.0. The highest BCUT2D eigenvalue weighted by molar-refractivity contribution is 7.13. The molecule has 2 amide bonds. The Kier molecular flexibility index (Phi) is 5.77. The topological polar surface area (TPSA) is 124 Å². The van der Waals surface area contributed by atoms with Crippen molar-refractivity contribution < 1.29 is 9.59 Å². The van der Waals surface area contributed by atoms with Crippen LogP contribution in [0.2, 0.25) is 0 Å². The molecule has 0 spiro atoms. The van der Waals surface area contributed by atoms with E-state index >= 15 is 0 Å². The molecule has 1 N–H and O–H groups in total. The standard InChI is InChI=1S/C25H21N7O3S/c1-5-31-12-17(21(33)16-9-8-13(2)26-22(16)31)24(35)28-20-11-18(19-7-6-10-36-19)30-32(20)25-27-15(4)14(3)23(34)29-25/h6-12H,3,5H2,1-2,4H3,(H,28,35). The summed E-state index contributed by atoms with van der Waals surface area (Å²) in [6.07, 6.45) is 1.50. The Morgan fingerprint density at radius 2 is 1.97 bits per heavy atom. The Bertz CT molecular complexity index is 1690. The van der Waals surface area contributed by atoms with Crippen LogP contribution in [0.25, 0.3) is 21.6 Å². The number of nitrogens with zero attached hydrogens (tertiary/aromatic N) is 6. The maximum absolute atomic E-state index is 13.4. The van der Waals surface area contributed by atoms with E-state index < -0.39 is 17.2 Å². The van der Waals surface area contributed by atoms with Crippen LogP contribution in [0.15, 0.2) is 68.8 Å². The van der Waals surface area contributed by atoms with Gasteiger partial charge in [-0.15, -0.1) is 11.3 Å². The summed E-state index contributed by atoms with van der Waals surface area (Å²) < 4.78 is 3.04. The summed E-state index contributed by atoms with van der Waals surface area (Å²) in [7, 11) is 0. The number of carbonyl (C=O) groups is 2. The quantitative estimate of drug-likeness (QED) is 0.429. The van der Waals surface area contributed by atoms with E-state index in [1.807, 2.05) is 31.4 Å². The lowest BCUT2D eigenvalue weighted by atomic mass is 10.1. The van der Waals surface area contributed by atoms with Gasteiger partial charge in [0, 0.05) is 24.5 Å². The Hall–Kier alpha value is -4.51. The first-order valence-electron chi connectivity index (χ1n) is 11.1. The third-order valence-corrected chi connectivity index (χ3v) is 6.62. The number of aromatic nitrogens is 4. The first-order chi connectivity index (χ1) is 17.3. The van der Waals surface area contributed by atoms with E-state index in [9.17, 15) is 14.4 Å². The van der Waals surface area contributed by atoms with E-state index in [1.54, 1.807) is 29.7 Å². The van der Waals surface area contributed by atoms with Crippen LogP contribution in [0.1, 0.15) is 29.9 Å². The predicted molar refractivity (Wildman–Crippen MR) is 140 cm³/mol. The van der Waals surface area contributed by atoms with E-state index in [1.165, 1.54) is 22.2 Å². The Labute approximate surface area is 209 Å². The highest BCUT2D eigenvalue weighted by Crippen LogP contribution is 2.27. The van der Waals surface area contributed by atoms with Crippen molar-refractivity contribution in [3.8, 4) is 10.6 Å². The van der Waals surface area contributed by atoms with Gasteiger partial charge < -0.3 is 9.88 Å². The lowest BCUT2D eigenvalue weighted by molar-refractivity contribution is -0.113. The summed E-state index contributed by atoms with van der Waals surface area (Å²) in [6.45, 7) is 9.61. The summed E-state index contributed by atoms with van der Waals surface area (Å²) >= 11 is 1.47. The summed E-state index contributed by atoms with van der Waals surface area (Å²) in [5.74, 6) is -0.960. The molecule has 4 aromatic rings. The van der Waals surface area contributed by atoms with Crippen molar-refractivity contribution in [2.45, 2.75) is 27.3 Å². The molecule has 0 aromatic carbocycles. The lowest BCUT2D eigenvalue weighted by Gasteiger charge is -2.14. The van der Waals surface area contributed by atoms with Gasteiger partial charge in [0.15, 0.2) is 0 Å². The van der Waals surface area contributed by atoms with E-state index in [-0.39, 0.29) is 22.9 Å². The average molecular weight is 500 g/mol. The maximum atomic E-state index is 13.4. The number of carbonyl (C=O) groups excluding carboxylic acids is 2. The highest BCUT2D eigenvalue weighted by Gasteiger charge is 2.24. The molecule has 0 fully saturated rings. The van der Waals surface area contributed by atoms with Crippen LogP contribution in [0.4, 0.5) is 5.82 Å². The number of amides is 2. The fourth-order valence-electron chi connectivity index (χ4n) is 3.76.